The molecule has 22 heavy (non-hydrogen) atoms. The first-order chi connectivity index (χ1) is 10.6. The van der Waals surface area contributed by atoms with Crippen LogP contribution >= 0.6 is 0 Å². The zero-order chi connectivity index (χ0) is 15.9. The van der Waals surface area contributed by atoms with Crippen LogP contribution in [-0.4, -0.2) is 6.29 Å². The largest absolute Gasteiger partial charge is 0.465 e. The topological polar surface area (TPSA) is 18.5 Å². The third-order valence-corrected chi connectivity index (χ3v) is 4.03. The summed E-state index contributed by atoms with van der Waals surface area (Å²) in [5.74, 6) is 1.43. The maximum absolute atomic E-state index is 5.92. The van der Waals surface area contributed by atoms with Crippen molar-refractivity contribution in [3.63, 3.8) is 0 Å². The summed E-state index contributed by atoms with van der Waals surface area (Å²) in [6.07, 6.45) is 0.870. The Morgan fingerprint density at radius 1 is 0.818 bits per heavy atom. The van der Waals surface area contributed by atoms with Crippen molar-refractivity contribution in [2.24, 2.45) is 0 Å². The van der Waals surface area contributed by atoms with Gasteiger partial charge in [-0.25, -0.2) is 0 Å². The molecule has 0 N–H and O–H groups in total. The van der Waals surface area contributed by atoms with Crippen molar-refractivity contribution in [1.29, 1.82) is 0 Å². The first-order valence-electron chi connectivity index (χ1n) is 8.07. The van der Waals surface area contributed by atoms with E-state index in [0.29, 0.717) is 5.92 Å². The highest BCUT2D eigenvalue weighted by Crippen LogP contribution is 2.23. The SMILES string of the molecule is CCC(C)c1ccc(OC(C)OC(C)c2ccccc2)cc1. The Labute approximate surface area is 134 Å². The summed E-state index contributed by atoms with van der Waals surface area (Å²) in [5, 5.41) is 0. The minimum atomic E-state index is -0.287. The van der Waals surface area contributed by atoms with E-state index in [1.54, 1.807) is 0 Å². The van der Waals surface area contributed by atoms with Crippen LogP contribution in [0.2, 0.25) is 0 Å². The highest BCUT2D eigenvalue weighted by molar-refractivity contribution is 5.29. The fourth-order valence-corrected chi connectivity index (χ4v) is 2.42. The van der Waals surface area contributed by atoms with Crippen LogP contribution in [0.15, 0.2) is 54.6 Å². The van der Waals surface area contributed by atoms with Crippen molar-refractivity contribution >= 4 is 0 Å². The van der Waals surface area contributed by atoms with Crippen LogP contribution in [0.25, 0.3) is 0 Å². The van der Waals surface area contributed by atoms with E-state index in [9.17, 15) is 0 Å². The summed E-state index contributed by atoms with van der Waals surface area (Å²) in [7, 11) is 0. The molecule has 2 nitrogen and oxygen atoms in total. The Hall–Kier alpha value is -1.80. The Balaban J connectivity index is 1.90. The highest BCUT2D eigenvalue weighted by atomic mass is 16.7. The Morgan fingerprint density at radius 3 is 2.05 bits per heavy atom. The van der Waals surface area contributed by atoms with Crippen LogP contribution in [0.4, 0.5) is 0 Å². The molecule has 0 saturated heterocycles. The van der Waals surface area contributed by atoms with Gasteiger partial charge in [0, 0.05) is 0 Å². The Kier molecular flexibility index (Phi) is 6.02. The van der Waals surface area contributed by atoms with E-state index >= 15 is 0 Å². The number of hydrogen-bond donors (Lipinski definition) is 0. The number of rotatable bonds is 7. The molecule has 0 fully saturated rings. The van der Waals surface area contributed by atoms with E-state index in [-0.39, 0.29) is 12.4 Å². The molecule has 0 aliphatic carbocycles. The normalized spacial score (nSPS) is 15.1. The molecule has 2 aromatic rings. The number of ether oxygens (including phenoxy) is 2. The van der Waals surface area contributed by atoms with Gasteiger partial charge in [-0.3, -0.25) is 0 Å². The van der Waals surface area contributed by atoms with Gasteiger partial charge in [0.2, 0.25) is 0 Å². The zero-order valence-electron chi connectivity index (χ0n) is 14.0. The maximum atomic E-state index is 5.92. The molecule has 3 atom stereocenters. The predicted octanol–water partition coefficient (Wildman–Crippen LogP) is 5.70. The van der Waals surface area contributed by atoms with E-state index in [0.717, 1.165) is 17.7 Å². The molecule has 2 aromatic carbocycles. The first kappa shape index (κ1) is 16.6. The van der Waals surface area contributed by atoms with Crippen molar-refractivity contribution in [3.8, 4) is 5.75 Å². The number of hydrogen-bond acceptors (Lipinski definition) is 2. The lowest BCUT2D eigenvalue weighted by Crippen LogP contribution is -2.18. The minimum Gasteiger partial charge on any atom is -0.465 e. The fraction of sp³-hybridized carbons (Fsp3) is 0.400. The van der Waals surface area contributed by atoms with Gasteiger partial charge in [0.05, 0.1) is 6.10 Å². The minimum absolute atomic E-state index is 0.00980. The molecule has 0 saturated carbocycles. The molecule has 0 amide bonds. The van der Waals surface area contributed by atoms with Crippen LogP contribution in [0, 0.1) is 0 Å². The first-order valence-corrected chi connectivity index (χ1v) is 8.07. The Bertz CT molecular complexity index is 548. The van der Waals surface area contributed by atoms with Crippen molar-refractivity contribution in [3.05, 3.63) is 65.7 Å². The van der Waals surface area contributed by atoms with Crippen molar-refractivity contribution in [2.75, 3.05) is 0 Å². The van der Waals surface area contributed by atoms with Crippen LogP contribution in [0.3, 0.4) is 0 Å². The summed E-state index contributed by atoms with van der Waals surface area (Å²) in [6, 6.07) is 18.5. The molecule has 0 heterocycles. The third-order valence-electron chi connectivity index (χ3n) is 4.03. The van der Waals surface area contributed by atoms with Crippen molar-refractivity contribution < 1.29 is 9.47 Å². The fourth-order valence-electron chi connectivity index (χ4n) is 2.42. The molecule has 0 aromatic heterocycles. The van der Waals surface area contributed by atoms with E-state index in [1.165, 1.54) is 5.56 Å². The van der Waals surface area contributed by atoms with Crippen molar-refractivity contribution in [1.82, 2.24) is 0 Å². The molecule has 0 radical (unpaired) electrons. The van der Waals surface area contributed by atoms with Crippen LogP contribution < -0.4 is 4.74 Å². The van der Waals surface area contributed by atoms with Gasteiger partial charge in [-0.2, -0.15) is 0 Å². The standard InChI is InChI=1S/C20H26O2/c1-5-15(2)18-11-13-20(14-12-18)22-17(4)21-16(3)19-9-7-6-8-10-19/h6-17H,5H2,1-4H3. The maximum Gasteiger partial charge on any atom is 0.197 e. The molecule has 0 spiro atoms. The zero-order valence-corrected chi connectivity index (χ0v) is 14.0. The van der Waals surface area contributed by atoms with Gasteiger partial charge in [-0.05, 0) is 49.4 Å². The van der Waals surface area contributed by atoms with E-state index in [4.69, 9.17) is 9.47 Å². The lowest BCUT2D eigenvalue weighted by Gasteiger charge is -2.21. The van der Waals surface area contributed by atoms with Gasteiger partial charge in [-0.1, -0.05) is 56.3 Å². The smallest absolute Gasteiger partial charge is 0.197 e. The van der Waals surface area contributed by atoms with E-state index in [1.807, 2.05) is 44.2 Å². The summed E-state index contributed by atoms with van der Waals surface area (Å²) >= 11 is 0. The van der Waals surface area contributed by atoms with E-state index < -0.39 is 0 Å². The molecule has 3 unspecified atom stereocenters. The average molecular weight is 298 g/mol. The van der Waals surface area contributed by atoms with E-state index in [2.05, 4.69) is 38.1 Å². The lowest BCUT2D eigenvalue weighted by atomic mass is 9.99. The monoisotopic (exact) mass is 298 g/mol. The van der Waals surface area contributed by atoms with Gasteiger partial charge in [-0.15, -0.1) is 0 Å². The molecule has 118 valence electrons. The molecule has 0 bridgehead atoms. The van der Waals surface area contributed by atoms with Crippen LogP contribution in [0.1, 0.15) is 57.3 Å². The summed E-state index contributed by atoms with van der Waals surface area (Å²) < 4.78 is 11.8. The van der Waals surface area contributed by atoms with Gasteiger partial charge in [0.25, 0.3) is 0 Å². The summed E-state index contributed by atoms with van der Waals surface area (Å²) in [4.78, 5) is 0. The lowest BCUT2D eigenvalue weighted by molar-refractivity contribution is -0.103. The predicted molar refractivity (Wildman–Crippen MR) is 91.2 cm³/mol. The Morgan fingerprint density at radius 2 is 1.45 bits per heavy atom. The summed E-state index contributed by atoms with van der Waals surface area (Å²) in [5.41, 5.74) is 2.51. The second-order valence-electron chi connectivity index (χ2n) is 5.75. The third kappa shape index (κ3) is 4.60. The molecular weight excluding hydrogens is 272 g/mol. The van der Waals surface area contributed by atoms with Gasteiger partial charge in [0.15, 0.2) is 6.29 Å². The molecule has 2 heteroatoms. The average Bonchev–Trinajstić information content (AvgIpc) is 2.55. The van der Waals surface area contributed by atoms with Gasteiger partial charge in [0.1, 0.15) is 5.75 Å². The van der Waals surface area contributed by atoms with Gasteiger partial charge >= 0.3 is 0 Å². The van der Waals surface area contributed by atoms with Gasteiger partial charge < -0.3 is 9.47 Å². The molecule has 0 aliphatic heterocycles. The molecule has 2 rings (SSSR count). The quantitative estimate of drug-likeness (QED) is 0.610. The number of benzene rings is 2. The highest BCUT2D eigenvalue weighted by Gasteiger charge is 2.12. The van der Waals surface area contributed by atoms with Crippen molar-refractivity contribution in [2.45, 2.75) is 52.4 Å². The molecule has 0 aliphatic rings. The van der Waals surface area contributed by atoms with Crippen LogP contribution in [-0.2, 0) is 4.74 Å². The second kappa shape index (κ2) is 8.00. The molecular formula is C20H26O2. The summed E-state index contributed by atoms with van der Waals surface area (Å²) in [6.45, 7) is 8.42. The van der Waals surface area contributed by atoms with Crippen LogP contribution in [0.5, 0.6) is 5.75 Å². The second-order valence-corrected chi connectivity index (χ2v) is 5.75.